The molecule has 0 saturated carbocycles. The lowest BCUT2D eigenvalue weighted by atomic mass is 10.3. The second-order valence-electron chi connectivity index (χ2n) is 3.19. The Morgan fingerprint density at radius 2 is 2.19 bits per heavy atom. The third-order valence-corrected chi connectivity index (χ3v) is 3.17. The van der Waals surface area contributed by atoms with E-state index in [1.807, 2.05) is 19.1 Å². The topological polar surface area (TPSA) is 42.0 Å². The van der Waals surface area contributed by atoms with E-state index in [-0.39, 0.29) is 5.91 Å². The van der Waals surface area contributed by atoms with Gasteiger partial charge in [0.15, 0.2) is 0 Å². The summed E-state index contributed by atoms with van der Waals surface area (Å²) < 4.78 is 0. The second-order valence-corrected chi connectivity index (χ2v) is 4.66. The van der Waals surface area contributed by atoms with Crippen LogP contribution in [0.15, 0.2) is 29.8 Å². The molecule has 1 aromatic carbocycles. The molecule has 3 nitrogen and oxygen atoms in total. The van der Waals surface area contributed by atoms with E-state index in [2.05, 4.69) is 10.3 Å². The van der Waals surface area contributed by atoms with Crippen molar-refractivity contribution in [1.29, 1.82) is 0 Å². The third kappa shape index (κ3) is 2.23. The van der Waals surface area contributed by atoms with Gasteiger partial charge in [-0.3, -0.25) is 4.79 Å². The molecule has 0 unspecified atom stereocenters. The summed E-state index contributed by atoms with van der Waals surface area (Å²) in [6.45, 7) is 1.86. The Bertz CT molecular complexity index is 524. The zero-order valence-electron chi connectivity index (χ0n) is 8.53. The molecule has 2 rings (SSSR count). The quantitative estimate of drug-likeness (QED) is 0.891. The third-order valence-electron chi connectivity index (χ3n) is 2.08. The number of nitrogens with zero attached hydrogens (tertiary/aromatic N) is 1. The van der Waals surface area contributed by atoms with Gasteiger partial charge < -0.3 is 5.32 Å². The zero-order valence-corrected chi connectivity index (χ0v) is 10.1. The Hall–Kier alpha value is -1.39. The van der Waals surface area contributed by atoms with Crippen LogP contribution in [0, 0.1) is 6.92 Å². The van der Waals surface area contributed by atoms with Crippen LogP contribution >= 0.6 is 22.9 Å². The molecule has 5 heteroatoms. The summed E-state index contributed by atoms with van der Waals surface area (Å²) in [5, 5.41) is 3.24. The smallest absolute Gasteiger partial charge is 0.275 e. The van der Waals surface area contributed by atoms with Crippen molar-refractivity contribution in [3.05, 3.63) is 45.4 Å². The molecule has 82 valence electrons. The number of carbonyl (C=O) groups is 1. The Labute approximate surface area is 102 Å². The van der Waals surface area contributed by atoms with Crippen LogP contribution in [-0.2, 0) is 0 Å². The van der Waals surface area contributed by atoms with Crippen LogP contribution in [0.3, 0.4) is 0 Å². The number of thiazole rings is 1. The highest BCUT2D eigenvalue weighted by Gasteiger charge is 2.12. The lowest BCUT2D eigenvalue weighted by Gasteiger charge is -2.05. The molecule has 1 aromatic heterocycles. The van der Waals surface area contributed by atoms with Crippen LogP contribution in [0.25, 0.3) is 0 Å². The van der Waals surface area contributed by atoms with Crippen molar-refractivity contribution in [2.75, 3.05) is 5.32 Å². The van der Waals surface area contributed by atoms with Gasteiger partial charge in [-0.2, -0.15) is 0 Å². The van der Waals surface area contributed by atoms with Crippen LogP contribution in [0.1, 0.15) is 15.4 Å². The number of rotatable bonds is 2. The number of halogens is 1. The molecule has 0 aliphatic heterocycles. The maximum atomic E-state index is 11.8. The number of nitrogens with one attached hydrogen (secondary N) is 1. The standard InChI is InChI=1S/C11H9ClN2OS/c1-7-10(13-6-16-7)11(15)14-9-5-3-2-4-8(9)12/h2-6H,1H3,(H,14,15). The Morgan fingerprint density at radius 1 is 1.44 bits per heavy atom. The summed E-state index contributed by atoms with van der Waals surface area (Å²) in [6.07, 6.45) is 0. The predicted octanol–water partition coefficient (Wildman–Crippen LogP) is 3.36. The molecule has 16 heavy (non-hydrogen) atoms. The van der Waals surface area contributed by atoms with Crippen LogP contribution in [-0.4, -0.2) is 10.9 Å². The van der Waals surface area contributed by atoms with E-state index in [4.69, 9.17) is 11.6 Å². The average molecular weight is 253 g/mol. The summed E-state index contributed by atoms with van der Waals surface area (Å²) in [5.74, 6) is -0.230. The van der Waals surface area contributed by atoms with Crippen molar-refractivity contribution in [3.63, 3.8) is 0 Å². The van der Waals surface area contributed by atoms with Crippen molar-refractivity contribution < 1.29 is 4.79 Å². The van der Waals surface area contributed by atoms with Crippen molar-refractivity contribution in [1.82, 2.24) is 4.98 Å². The number of amides is 1. The molecule has 0 fully saturated rings. The molecule has 0 aliphatic carbocycles. The Morgan fingerprint density at radius 3 is 2.81 bits per heavy atom. The monoisotopic (exact) mass is 252 g/mol. The van der Waals surface area contributed by atoms with E-state index in [1.165, 1.54) is 11.3 Å². The highest BCUT2D eigenvalue weighted by Crippen LogP contribution is 2.21. The Balaban J connectivity index is 2.21. The lowest BCUT2D eigenvalue weighted by molar-refractivity contribution is 0.102. The minimum absolute atomic E-state index is 0.230. The van der Waals surface area contributed by atoms with E-state index in [0.29, 0.717) is 16.4 Å². The van der Waals surface area contributed by atoms with E-state index in [0.717, 1.165) is 4.88 Å². The summed E-state index contributed by atoms with van der Waals surface area (Å²) in [4.78, 5) is 16.7. The largest absolute Gasteiger partial charge is 0.319 e. The highest BCUT2D eigenvalue weighted by atomic mass is 35.5. The summed E-state index contributed by atoms with van der Waals surface area (Å²) in [5.41, 5.74) is 2.70. The molecule has 1 amide bonds. The number of hydrogen-bond donors (Lipinski definition) is 1. The molecule has 0 aliphatic rings. The van der Waals surface area contributed by atoms with Gasteiger partial charge in [-0.25, -0.2) is 4.98 Å². The van der Waals surface area contributed by atoms with E-state index < -0.39 is 0 Å². The fourth-order valence-electron chi connectivity index (χ4n) is 1.27. The second kappa shape index (κ2) is 4.63. The molecular weight excluding hydrogens is 244 g/mol. The molecule has 2 aromatic rings. The number of aromatic nitrogens is 1. The van der Waals surface area contributed by atoms with Crippen molar-refractivity contribution in [2.24, 2.45) is 0 Å². The number of benzene rings is 1. The fourth-order valence-corrected chi connectivity index (χ4v) is 2.02. The van der Waals surface area contributed by atoms with Gasteiger partial charge in [0.1, 0.15) is 5.69 Å². The minimum atomic E-state index is -0.230. The molecule has 0 radical (unpaired) electrons. The molecule has 1 N–H and O–H groups in total. The van der Waals surface area contributed by atoms with E-state index >= 15 is 0 Å². The van der Waals surface area contributed by atoms with Gasteiger partial charge in [0.2, 0.25) is 0 Å². The Kier molecular flexibility index (Phi) is 3.22. The first kappa shape index (κ1) is 11.1. The van der Waals surface area contributed by atoms with Crippen LogP contribution in [0.4, 0.5) is 5.69 Å². The normalized spacial score (nSPS) is 10.1. The van der Waals surface area contributed by atoms with Gasteiger partial charge in [-0.15, -0.1) is 11.3 Å². The van der Waals surface area contributed by atoms with Gasteiger partial charge >= 0.3 is 0 Å². The van der Waals surface area contributed by atoms with Crippen LogP contribution < -0.4 is 5.32 Å². The van der Waals surface area contributed by atoms with E-state index in [9.17, 15) is 4.79 Å². The number of aryl methyl sites for hydroxylation is 1. The number of para-hydroxylation sites is 1. The molecule has 0 saturated heterocycles. The highest BCUT2D eigenvalue weighted by molar-refractivity contribution is 7.09. The summed E-state index contributed by atoms with van der Waals surface area (Å²) >= 11 is 7.38. The number of hydrogen-bond acceptors (Lipinski definition) is 3. The fraction of sp³-hybridized carbons (Fsp3) is 0.0909. The van der Waals surface area contributed by atoms with Gasteiger partial charge in [0, 0.05) is 4.88 Å². The van der Waals surface area contributed by atoms with Gasteiger partial charge in [0.25, 0.3) is 5.91 Å². The van der Waals surface area contributed by atoms with Gasteiger partial charge in [0.05, 0.1) is 16.2 Å². The zero-order chi connectivity index (χ0) is 11.5. The average Bonchev–Trinajstić information content (AvgIpc) is 2.68. The molecule has 1 heterocycles. The molecule has 0 spiro atoms. The first-order valence-electron chi connectivity index (χ1n) is 4.64. The van der Waals surface area contributed by atoms with Crippen LogP contribution in [0.5, 0.6) is 0 Å². The van der Waals surface area contributed by atoms with Gasteiger partial charge in [-0.05, 0) is 19.1 Å². The minimum Gasteiger partial charge on any atom is -0.319 e. The SMILES string of the molecule is Cc1scnc1C(=O)Nc1ccccc1Cl. The molecular formula is C11H9ClN2OS. The maximum Gasteiger partial charge on any atom is 0.275 e. The van der Waals surface area contributed by atoms with E-state index in [1.54, 1.807) is 17.6 Å². The summed E-state index contributed by atoms with van der Waals surface area (Å²) in [7, 11) is 0. The molecule has 0 bridgehead atoms. The lowest BCUT2D eigenvalue weighted by Crippen LogP contribution is -2.13. The first-order chi connectivity index (χ1) is 7.68. The van der Waals surface area contributed by atoms with Crippen LogP contribution in [0.2, 0.25) is 5.02 Å². The number of anilines is 1. The van der Waals surface area contributed by atoms with Gasteiger partial charge in [-0.1, -0.05) is 23.7 Å². The molecule has 0 atom stereocenters. The van der Waals surface area contributed by atoms with Crippen molar-refractivity contribution >= 4 is 34.5 Å². The predicted molar refractivity (Wildman–Crippen MR) is 66.3 cm³/mol. The number of carbonyl (C=O) groups excluding carboxylic acids is 1. The van der Waals surface area contributed by atoms with Crippen molar-refractivity contribution in [2.45, 2.75) is 6.92 Å². The first-order valence-corrected chi connectivity index (χ1v) is 5.90. The van der Waals surface area contributed by atoms with Crippen molar-refractivity contribution in [3.8, 4) is 0 Å². The summed E-state index contributed by atoms with van der Waals surface area (Å²) in [6, 6.07) is 7.11. The maximum absolute atomic E-state index is 11.8.